The van der Waals surface area contributed by atoms with Crippen LogP contribution in [0.2, 0.25) is 0 Å². The van der Waals surface area contributed by atoms with Gasteiger partial charge in [0.25, 0.3) is 5.91 Å². The highest BCUT2D eigenvalue weighted by Gasteiger charge is 2.21. The first kappa shape index (κ1) is 18.4. The van der Waals surface area contributed by atoms with Crippen LogP contribution in [-0.4, -0.2) is 35.9 Å². The Bertz CT molecular complexity index is 704. The number of aryl methyl sites for hydroxylation is 1. The third-order valence-corrected chi connectivity index (χ3v) is 5.31. The van der Waals surface area contributed by atoms with Gasteiger partial charge in [-0.25, -0.2) is 0 Å². The molecule has 2 aromatic heterocycles. The molecule has 0 saturated carbocycles. The first-order chi connectivity index (χ1) is 11.4. The number of carbonyl (C=O) groups excluding carboxylic acids is 2. The van der Waals surface area contributed by atoms with Gasteiger partial charge in [0.2, 0.25) is 5.78 Å². The van der Waals surface area contributed by atoms with E-state index in [4.69, 9.17) is 0 Å². The van der Waals surface area contributed by atoms with Crippen molar-refractivity contribution in [3.8, 4) is 0 Å². The average Bonchev–Trinajstić information content (AvgIpc) is 3.16. The van der Waals surface area contributed by atoms with Crippen molar-refractivity contribution in [1.82, 2.24) is 9.88 Å². The Balaban J connectivity index is 1.89. The predicted octanol–water partition coefficient (Wildman–Crippen LogP) is 1.11. The molecule has 130 valence electrons. The normalized spacial score (nSPS) is 12.2. The molecule has 0 saturated heterocycles. The SMILES string of the molecule is CC[NH+](CC(=O)NCc1cccs1)CC(=O)c1cc(C)n(C)c1C. The summed E-state index contributed by atoms with van der Waals surface area (Å²) in [5.41, 5.74) is 2.82. The summed E-state index contributed by atoms with van der Waals surface area (Å²) in [6.07, 6.45) is 0. The Labute approximate surface area is 147 Å². The van der Waals surface area contributed by atoms with Gasteiger partial charge >= 0.3 is 0 Å². The fourth-order valence-electron chi connectivity index (χ4n) is 2.66. The first-order valence-corrected chi connectivity index (χ1v) is 9.09. The number of hydrogen-bond acceptors (Lipinski definition) is 3. The van der Waals surface area contributed by atoms with E-state index >= 15 is 0 Å². The Kier molecular flexibility index (Phi) is 6.34. The highest BCUT2D eigenvalue weighted by molar-refractivity contribution is 7.09. The number of thiophene rings is 1. The monoisotopic (exact) mass is 348 g/mol. The molecule has 5 nitrogen and oxygen atoms in total. The number of hydrogen-bond donors (Lipinski definition) is 2. The van der Waals surface area contributed by atoms with E-state index < -0.39 is 0 Å². The van der Waals surface area contributed by atoms with Crippen LogP contribution in [0.4, 0.5) is 0 Å². The van der Waals surface area contributed by atoms with Crippen LogP contribution in [0.15, 0.2) is 23.6 Å². The maximum Gasteiger partial charge on any atom is 0.275 e. The molecule has 2 aromatic rings. The molecule has 0 aliphatic carbocycles. The van der Waals surface area contributed by atoms with Gasteiger partial charge in [0.1, 0.15) is 6.54 Å². The van der Waals surface area contributed by atoms with E-state index in [-0.39, 0.29) is 11.7 Å². The third kappa shape index (κ3) is 4.55. The van der Waals surface area contributed by atoms with Crippen LogP contribution in [0.25, 0.3) is 0 Å². The molecule has 2 rings (SSSR count). The first-order valence-electron chi connectivity index (χ1n) is 8.21. The summed E-state index contributed by atoms with van der Waals surface area (Å²) in [4.78, 5) is 26.8. The van der Waals surface area contributed by atoms with Gasteiger partial charge in [-0.1, -0.05) is 6.07 Å². The molecule has 2 N–H and O–H groups in total. The minimum Gasteiger partial charge on any atom is -0.351 e. The zero-order valence-electron chi connectivity index (χ0n) is 14.8. The molecule has 2 heterocycles. The molecule has 0 aliphatic rings. The third-order valence-electron chi connectivity index (χ3n) is 4.44. The summed E-state index contributed by atoms with van der Waals surface area (Å²) in [5.74, 6) is 0.0770. The molecule has 0 aliphatic heterocycles. The van der Waals surface area contributed by atoms with Crippen LogP contribution in [0.3, 0.4) is 0 Å². The second kappa shape index (κ2) is 8.26. The topological polar surface area (TPSA) is 55.5 Å². The lowest BCUT2D eigenvalue weighted by Crippen LogP contribution is -3.13. The van der Waals surface area contributed by atoms with Crippen LogP contribution >= 0.6 is 11.3 Å². The number of ketones is 1. The molecule has 6 heteroatoms. The molecule has 0 fully saturated rings. The van der Waals surface area contributed by atoms with E-state index in [1.54, 1.807) is 11.3 Å². The molecular formula is C18H26N3O2S+. The number of carbonyl (C=O) groups is 2. The average molecular weight is 348 g/mol. The van der Waals surface area contributed by atoms with Gasteiger partial charge in [0.15, 0.2) is 6.54 Å². The van der Waals surface area contributed by atoms with Crippen LogP contribution < -0.4 is 10.2 Å². The van der Waals surface area contributed by atoms with Gasteiger partial charge in [-0.05, 0) is 38.3 Å². The number of aromatic nitrogens is 1. The van der Waals surface area contributed by atoms with Gasteiger partial charge in [0, 0.05) is 28.9 Å². The molecule has 0 radical (unpaired) electrons. The molecule has 1 atom stereocenters. The van der Waals surface area contributed by atoms with Gasteiger partial charge in [-0.2, -0.15) is 0 Å². The summed E-state index contributed by atoms with van der Waals surface area (Å²) < 4.78 is 2.02. The largest absolute Gasteiger partial charge is 0.351 e. The smallest absolute Gasteiger partial charge is 0.275 e. The Morgan fingerprint density at radius 3 is 2.58 bits per heavy atom. The van der Waals surface area contributed by atoms with E-state index in [0.717, 1.165) is 33.3 Å². The number of nitrogens with zero attached hydrogens (tertiary/aromatic N) is 1. The quantitative estimate of drug-likeness (QED) is 0.702. The maximum absolute atomic E-state index is 12.6. The number of rotatable bonds is 8. The van der Waals surface area contributed by atoms with Crippen LogP contribution in [0.1, 0.15) is 33.5 Å². The molecule has 1 unspecified atom stereocenters. The molecule has 0 spiro atoms. The lowest BCUT2D eigenvalue weighted by Gasteiger charge is -2.16. The highest BCUT2D eigenvalue weighted by Crippen LogP contribution is 2.13. The van der Waals surface area contributed by atoms with Gasteiger partial charge < -0.3 is 14.8 Å². The fraction of sp³-hybridized carbons (Fsp3) is 0.444. The summed E-state index contributed by atoms with van der Waals surface area (Å²) in [5, 5.41) is 4.92. The molecule has 0 aromatic carbocycles. The number of likely N-dealkylation sites (N-methyl/N-ethyl adjacent to an activating group) is 1. The fourth-order valence-corrected chi connectivity index (χ4v) is 3.31. The molecule has 24 heavy (non-hydrogen) atoms. The summed E-state index contributed by atoms with van der Waals surface area (Å²) >= 11 is 1.62. The van der Waals surface area contributed by atoms with Crippen LogP contribution in [0, 0.1) is 13.8 Å². The molecule has 0 bridgehead atoms. The zero-order valence-corrected chi connectivity index (χ0v) is 15.6. The van der Waals surface area contributed by atoms with Gasteiger partial charge in [-0.3, -0.25) is 9.59 Å². The summed E-state index contributed by atoms with van der Waals surface area (Å²) in [6.45, 7) is 7.90. The maximum atomic E-state index is 12.6. The van der Waals surface area contributed by atoms with Crippen molar-refractivity contribution in [3.63, 3.8) is 0 Å². The van der Waals surface area contributed by atoms with Crippen LogP contribution in [0.5, 0.6) is 0 Å². The summed E-state index contributed by atoms with van der Waals surface area (Å²) in [7, 11) is 1.96. The van der Waals surface area contributed by atoms with E-state index in [0.29, 0.717) is 19.6 Å². The van der Waals surface area contributed by atoms with Crippen molar-refractivity contribution < 1.29 is 14.5 Å². The van der Waals surface area contributed by atoms with E-state index in [1.807, 2.05) is 56.0 Å². The van der Waals surface area contributed by atoms with Gasteiger partial charge in [0.05, 0.1) is 13.1 Å². The lowest BCUT2D eigenvalue weighted by molar-refractivity contribution is -0.881. The van der Waals surface area contributed by atoms with Crippen molar-refractivity contribution in [2.24, 2.45) is 7.05 Å². The standard InChI is InChI=1S/C18H25N3O2S/c1-5-21(12-18(23)19-10-15-7-6-8-24-15)11-17(22)16-9-13(2)20(4)14(16)3/h6-9H,5,10-12H2,1-4H3,(H,19,23)/p+1. The van der Waals surface area contributed by atoms with Crippen molar-refractivity contribution >= 4 is 23.0 Å². The molecule has 1 amide bonds. The lowest BCUT2D eigenvalue weighted by atomic mass is 10.1. The van der Waals surface area contributed by atoms with E-state index in [1.165, 1.54) is 0 Å². The minimum atomic E-state index is -0.0194. The second-order valence-electron chi connectivity index (χ2n) is 6.08. The van der Waals surface area contributed by atoms with Crippen molar-refractivity contribution in [2.75, 3.05) is 19.6 Å². The van der Waals surface area contributed by atoms with Crippen LogP contribution in [-0.2, 0) is 18.4 Å². The highest BCUT2D eigenvalue weighted by atomic mass is 32.1. The number of Topliss-reactive ketones (excluding diaryl/α,β-unsaturated/α-hetero) is 1. The Hall–Kier alpha value is -1.92. The van der Waals surface area contributed by atoms with Gasteiger partial charge in [-0.15, -0.1) is 11.3 Å². The van der Waals surface area contributed by atoms with Crippen molar-refractivity contribution in [1.29, 1.82) is 0 Å². The van der Waals surface area contributed by atoms with Crippen molar-refractivity contribution in [3.05, 3.63) is 45.4 Å². The van der Waals surface area contributed by atoms with E-state index in [9.17, 15) is 9.59 Å². The minimum absolute atomic E-state index is 0.0194. The second-order valence-corrected chi connectivity index (χ2v) is 7.11. The predicted molar refractivity (Wildman–Crippen MR) is 96.6 cm³/mol. The number of amides is 1. The summed E-state index contributed by atoms with van der Waals surface area (Å²) in [6, 6.07) is 5.90. The van der Waals surface area contributed by atoms with E-state index in [2.05, 4.69) is 5.32 Å². The number of nitrogens with one attached hydrogen (secondary N) is 2. The van der Waals surface area contributed by atoms with Crippen molar-refractivity contribution in [2.45, 2.75) is 27.3 Å². The molecular weight excluding hydrogens is 322 g/mol. The zero-order chi connectivity index (χ0) is 17.7. The Morgan fingerprint density at radius 2 is 2.04 bits per heavy atom. The number of quaternary nitrogens is 1. The Morgan fingerprint density at radius 1 is 1.29 bits per heavy atom.